The zero-order valence-corrected chi connectivity index (χ0v) is 17.3. The second-order valence-corrected chi connectivity index (χ2v) is 7.46. The maximum absolute atomic E-state index is 11.9. The Morgan fingerprint density at radius 1 is 1.15 bits per heavy atom. The van der Waals surface area contributed by atoms with Crippen molar-refractivity contribution >= 4 is 51.3 Å². The van der Waals surface area contributed by atoms with Crippen LogP contribution in [0.2, 0.25) is 0 Å². The van der Waals surface area contributed by atoms with Crippen molar-refractivity contribution in [2.45, 2.75) is 33.3 Å². The van der Waals surface area contributed by atoms with Gasteiger partial charge >= 0.3 is 11.9 Å². The third-order valence-electron chi connectivity index (χ3n) is 3.49. The van der Waals surface area contributed by atoms with Crippen molar-refractivity contribution < 1.29 is 19.1 Å². The standard InChI is InChI=1S/C19H22N2O4S2/c1-5-14-10-15(18(23)24-4)16(27-14)21-19(26)20-13-8-6-12(7-9-13)17(22)25-11(2)3/h6-11H,5H2,1-4H3,(H2,20,21,26). The molecule has 0 amide bonds. The van der Waals surface area contributed by atoms with Crippen molar-refractivity contribution in [1.82, 2.24) is 0 Å². The first-order valence-corrected chi connectivity index (χ1v) is 9.66. The maximum Gasteiger partial charge on any atom is 0.340 e. The van der Waals surface area contributed by atoms with Gasteiger partial charge in [0.05, 0.1) is 24.3 Å². The number of thiophene rings is 1. The predicted octanol–water partition coefficient (Wildman–Crippen LogP) is 4.47. The van der Waals surface area contributed by atoms with Gasteiger partial charge in [0.25, 0.3) is 0 Å². The minimum absolute atomic E-state index is 0.171. The van der Waals surface area contributed by atoms with Gasteiger partial charge in [-0.15, -0.1) is 11.3 Å². The van der Waals surface area contributed by atoms with Crippen molar-refractivity contribution in [3.05, 3.63) is 46.3 Å². The van der Waals surface area contributed by atoms with E-state index in [-0.39, 0.29) is 12.1 Å². The van der Waals surface area contributed by atoms with Crippen LogP contribution in [0.25, 0.3) is 0 Å². The van der Waals surface area contributed by atoms with E-state index >= 15 is 0 Å². The zero-order valence-electron chi connectivity index (χ0n) is 15.6. The lowest BCUT2D eigenvalue weighted by Crippen LogP contribution is -2.20. The smallest absolute Gasteiger partial charge is 0.340 e. The number of aryl methyl sites for hydroxylation is 1. The molecule has 0 radical (unpaired) electrons. The van der Waals surface area contributed by atoms with E-state index in [1.807, 2.05) is 6.92 Å². The zero-order chi connectivity index (χ0) is 20.0. The van der Waals surface area contributed by atoms with Crippen LogP contribution in [0.15, 0.2) is 30.3 Å². The summed E-state index contributed by atoms with van der Waals surface area (Å²) in [6.45, 7) is 5.61. The van der Waals surface area contributed by atoms with E-state index < -0.39 is 5.97 Å². The summed E-state index contributed by atoms with van der Waals surface area (Å²) in [7, 11) is 1.35. The number of hydrogen-bond acceptors (Lipinski definition) is 6. The van der Waals surface area contributed by atoms with Crippen molar-refractivity contribution in [2.75, 3.05) is 17.7 Å². The molecular formula is C19H22N2O4S2. The fraction of sp³-hybridized carbons (Fsp3) is 0.316. The number of nitrogens with one attached hydrogen (secondary N) is 2. The number of esters is 2. The van der Waals surface area contributed by atoms with Crippen LogP contribution in [-0.2, 0) is 15.9 Å². The van der Waals surface area contributed by atoms with Gasteiger partial charge in [-0.3, -0.25) is 0 Å². The molecule has 0 spiro atoms. The number of carbonyl (C=O) groups is 2. The van der Waals surface area contributed by atoms with Crippen molar-refractivity contribution in [1.29, 1.82) is 0 Å². The Hall–Kier alpha value is -2.45. The Balaban J connectivity index is 2.05. The average molecular weight is 407 g/mol. The molecule has 0 atom stereocenters. The minimum Gasteiger partial charge on any atom is -0.465 e. The van der Waals surface area contributed by atoms with Gasteiger partial charge in [-0.1, -0.05) is 6.92 Å². The van der Waals surface area contributed by atoms with Crippen LogP contribution in [0.1, 0.15) is 46.4 Å². The highest BCUT2D eigenvalue weighted by Crippen LogP contribution is 2.29. The summed E-state index contributed by atoms with van der Waals surface area (Å²) in [6.07, 6.45) is 0.639. The number of ether oxygens (including phenoxy) is 2. The molecule has 0 saturated heterocycles. The number of thiocarbonyl (C=S) groups is 1. The van der Waals surface area contributed by atoms with Crippen LogP contribution in [0.5, 0.6) is 0 Å². The van der Waals surface area contributed by atoms with Crippen LogP contribution in [0, 0.1) is 0 Å². The minimum atomic E-state index is -0.413. The number of hydrogen-bond donors (Lipinski definition) is 2. The van der Waals surface area contributed by atoms with E-state index in [4.69, 9.17) is 21.7 Å². The fourth-order valence-electron chi connectivity index (χ4n) is 2.21. The molecule has 0 fully saturated rings. The maximum atomic E-state index is 11.9. The Morgan fingerprint density at radius 3 is 2.37 bits per heavy atom. The number of carbonyl (C=O) groups excluding carboxylic acids is 2. The number of benzene rings is 1. The molecule has 0 bridgehead atoms. The van der Waals surface area contributed by atoms with E-state index in [0.29, 0.717) is 26.9 Å². The molecule has 0 aliphatic rings. The van der Waals surface area contributed by atoms with Crippen LogP contribution < -0.4 is 10.6 Å². The molecule has 2 rings (SSSR count). The lowest BCUT2D eigenvalue weighted by Gasteiger charge is -2.11. The SMILES string of the molecule is CCc1cc(C(=O)OC)c(NC(=S)Nc2ccc(C(=O)OC(C)C)cc2)s1. The molecule has 8 heteroatoms. The second kappa shape index (κ2) is 9.48. The third-order valence-corrected chi connectivity index (χ3v) is 4.88. The quantitative estimate of drug-likeness (QED) is 0.541. The molecule has 0 aliphatic heterocycles. The highest BCUT2D eigenvalue weighted by atomic mass is 32.1. The number of rotatable bonds is 6. The highest BCUT2D eigenvalue weighted by molar-refractivity contribution is 7.80. The van der Waals surface area contributed by atoms with E-state index in [0.717, 1.165) is 11.3 Å². The van der Waals surface area contributed by atoms with Gasteiger partial charge in [0.1, 0.15) is 5.00 Å². The Bertz CT molecular complexity index is 829. The van der Waals surface area contributed by atoms with Crippen molar-refractivity contribution in [2.24, 2.45) is 0 Å². The molecular weight excluding hydrogens is 384 g/mol. The Kier molecular flexibility index (Phi) is 7.32. The summed E-state index contributed by atoms with van der Waals surface area (Å²) in [4.78, 5) is 24.8. The molecule has 1 aromatic heterocycles. The largest absolute Gasteiger partial charge is 0.465 e. The van der Waals surface area contributed by atoms with Crippen molar-refractivity contribution in [3.8, 4) is 0 Å². The van der Waals surface area contributed by atoms with Gasteiger partial charge in [-0.05, 0) is 62.8 Å². The monoisotopic (exact) mass is 406 g/mol. The van der Waals surface area contributed by atoms with Gasteiger partial charge in [0, 0.05) is 10.6 Å². The molecule has 1 heterocycles. The van der Waals surface area contributed by atoms with Gasteiger partial charge < -0.3 is 20.1 Å². The van der Waals surface area contributed by atoms with Crippen LogP contribution >= 0.6 is 23.6 Å². The second-order valence-electron chi connectivity index (χ2n) is 5.91. The van der Waals surface area contributed by atoms with Crippen LogP contribution in [-0.4, -0.2) is 30.3 Å². The topological polar surface area (TPSA) is 76.7 Å². The fourth-order valence-corrected chi connectivity index (χ4v) is 3.48. The predicted molar refractivity (Wildman–Crippen MR) is 112 cm³/mol. The van der Waals surface area contributed by atoms with Crippen LogP contribution in [0.4, 0.5) is 10.7 Å². The first kappa shape index (κ1) is 20.9. The molecule has 1 aromatic carbocycles. The summed E-state index contributed by atoms with van der Waals surface area (Å²) >= 11 is 6.78. The Morgan fingerprint density at radius 2 is 1.81 bits per heavy atom. The third kappa shape index (κ3) is 5.77. The van der Waals surface area contributed by atoms with E-state index in [2.05, 4.69) is 10.6 Å². The summed E-state index contributed by atoms with van der Waals surface area (Å²) < 4.78 is 9.97. The molecule has 0 saturated carbocycles. The molecule has 2 N–H and O–H groups in total. The molecule has 0 aliphatic carbocycles. The summed E-state index contributed by atoms with van der Waals surface area (Å²) in [5.74, 6) is -0.782. The highest BCUT2D eigenvalue weighted by Gasteiger charge is 2.17. The van der Waals surface area contributed by atoms with Gasteiger partial charge in [-0.2, -0.15) is 0 Å². The molecule has 0 unspecified atom stereocenters. The Labute approximate surface area is 167 Å². The van der Waals surface area contributed by atoms with Crippen molar-refractivity contribution in [3.63, 3.8) is 0 Å². The van der Waals surface area contributed by atoms with Gasteiger partial charge in [0.2, 0.25) is 0 Å². The molecule has 144 valence electrons. The normalized spacial score (nSPS) is 10.4. The first-order valence-electron chi connectivity index (χ1n) is 8.44. The lowest BCUT2D eigenvalue weighted by molar-refractivity contribution is 0.0377. The van der Waals surface area contributed by atoms with Crippen LogP contribution in [0.3, 0.4) is 0 Å². The molecule has 2 aromatic rings. The van der Waals surface area contributed by atoms with E-state index in [9.17, 15) is 9.59 Å². The summed E-state index contributed by atoms with van der Waals surface area (Å²) in [5.41, 5.74) is 1.63. The average Bonchev–Trinajstić information content (AvgIpc) is 3.03. The summed E-state index contributed by atoms with van der Waals surface area (Å²) in [6, 6.07) is 8.60. The molecule has 6 nitrogen and oxygen atoms in total. The van der Waals surface area contributed by atoms with E-state index in [1.54, 1.807) is 44.2 Å². The first-order chi connectivity index (χ1) is 12.8. The molecule has 27 heavy (non-hydrogen) atoms. The van der Waals surface area contributed by atoms with Gasteiger partial charge in [-0.25, -0.2) is 9.59 Å². The number of anilines is 2. The number of methoxy groups -OCH3 is 1. The van der Waals surface area contributed by atoms with Gasteiger partial charge in [0.15, 0.2) is 5.11 Å². The van der Waals surface area contributed by atoms with E-state index in [1.165, 1.54) is 18.4 Å². The summed E-state index contributed by atoms with van der Waals surface area (Å²) in [5, 5.41) is 7.04. The lowest BCUT2D eigenvalue weighted by atomic mass is 10.2.